The molecule has 0 aliphatic carbocycles. The number of aromatic amines is 1. The molecule has 8 unspecified atom stereocenters. The summed E-state index contributed by atoms with van der Waals surface area (Å²) in [5.41, 5.74) is 29.9. The number of nitrogens with one attached hydrogen (secondary N) is 9. The van der Waals surface area contributed by atoms with Crippen molar-refractivity contribution < 1.29 is 53.4 Å². The van der Waals surface area contributed by atoms with Crippen molar-refractivity contribution in [2.75, 3.05) is 19.6 Å². The van der Waals surface area contributed by atoms with Gasteiger partial charge in [-0.3, -0.25) is 58.5 Å². The lowest BCUT2D eigenvalue weighted by Gasteiger charge is -2.31. The Morgan fingerprint density at radius 2 is 1.45 bits per heavy atom. The van der Waals surface area contributed by atoms with Crippen LogP contribution in [-0.4, -0.2) is 148 Å². The van der Waals surface area contributed by atoms with Crippen molar-refractivity contribution in [1.29, 1.82) is 5.26 Å². The number of carbonyl (C=O) groups excluding carboxylic acids is 8. The molecular weight excluding hydrogens is 1010 g/mol. The number of aliphatic hydroxyl groups excluding tert-OH is 1. The fourth-order valence-electron chi connectivity index (χ4n) is 8.44. The lowest BCUT2D eigenvalue weighted by molar-refractivity contribution is -0.139. The molecule has 78 heavy (non-hydrogen) atoms. The molecule has 3 aromatic rings. The van der Waals surface area contributed by atoms with E-state index in [-0.39, 0.29) is 88.5 Å². The Kier molecular flexibility index (Phi) is 24.7. The average molecular weight is 1090 g/mol. The number of nitriles is 1. The quantitative estimate of drug-likeness (QED) is 0.0311. The molecule has 0 bridgehead atoms. The van der Waals surface area contributed by atoms with Crippen LogP contribution in [0.3, 0.4) is 0 Å². The molecule has 0 saturated carbocycles. The van der Waals surface area contributed by atoms with E-state index in [9.17, 15) is 58.6 Å². The van der Waals surface area contributed by atoms with E-state index in [1.54, 1.807) is 12.3 Å². The van der Waals surface area contributed by atoms with Crippen molar-refractivity contribution in [1.82, 2.24) is 47.5 Å². The van der Waals surface area contributed by atoms with E-state index in [0.29, 0.717) is 11.1 Å². The maximum Gasteiger partial charge on any atom is 0.303 e. The number of fused-ring (bicyclic) bond motifs is 1. The minimum absolute atomic E-state index is 0.00886. The number of benzene rings is 2. The molecular formula is C50H71N17O11. The summed E-state index contributed by atoms with van der Waals surface area (Å²) in [5, 5.41) is 53.1. The minimum Gasteiger partial charge on any atom is -0.481 e. The van der Waals surface area contributed by atoms with E-state index < -0.39 is 127 Å². The van der Waals surface area contributed by atoms with E-state index in [1.165, 1.54) is 24.3 Å². The molecule has 28 nitrogen and oxygen atoms in total. The number of hydrogen-bond acceptors (Lipinski definition) is 14. The molecule has 1 aliphatic heterocycles. The minimum atomic E-state index is -1.75. The topological polar surface area (TPSA) is 485 Å². The van der Waals surface area contributed by atoms with Crippen LogP contribution in [0.2, 0.25) is 0 Å². The Morgan fingerprint density at radius 1 is 0.795 bits per heavy atom. The number of H-pyrrole nitrogens is 1. The normalized spacial score (nSPS) is 21.6. The first-order valence-corrected chi connectivity index (χ1v) is 25.3. The maximum absolute atomic E-state index is 14.7. The van der Waals surface area contributed by atoms with Crippen LogP contribution in [0, 0.1) is 11.3 Å². The molecule has 1 aliphatic rings. The molecule has 2 aromatic carbocycles. The predicted octanol–water partition coefficient (Wildman–Crippen LogP) is -3.82. The molecule has 21 N–H and O–H groups in total. The molecule has 1 aromatic heterocycles. The Balaban J connectivity index is 1.81. The van der Waals surface area contributed by atoms with Crippen LogP contribution in [0.1, 0.15) is 87.8 Å². The van der Waals surface area contributed by atoms with Gasteiger partial charge in [0.15, 0.2) is 11.9 Å². The second kappa shape index (κ2) is 31.3. The summed E-state index contributed by atoms with van der Waals surface area (Å²) in [6.45, 7) is 1.22. The number of carboxylic acid groups (broad SMARTS) is 1. The third-order valence-corrected chi connectivity index (χ3v) is 12.5. The molecule has 8 amide bonds. The van der Waals surface area contributed by atoms with Crippen LogP contribution in [-0.2, 0) is 56.0 Å². The Morgan fingerprint density at radius 3 is 2.10 bits per heavy atom. The number of aliphatic imine (C=N–C) groups is 2. The summed E-state index contributed by atoms with van der Waals surface area (Å²) in [4.78, 5) is 133. The van der Waals surface area contributed by atoms with Crippen LogP contribution in [0.5, 0.6) is 0 Å². The number of amides is 8. The Labute approximate surface area is 449 Å². The molecule has 4 rings (SSSR count). The molecule has 422 valence electrons. The van der Waals surface area contributed by atoms with E-state index in [4.69, 9.17) is 28.7 Å². The van der Waals surface area contributed by atoms with Gasteiger partial charge in [-0.25, -0.2) is 0 Å². The fraction of sp³-hybridized carbons (Fsp3) is 0.480. The highest BCUT2D eigenvalue weighted by atomic mass is 16.4. The molecule has 28 heteroatoms. The number of para-hydroxylation sites is 1. The highest BCUT2D eigenvalue weighted by Crippen LogP contribution is 2.20. The van der Waals surface area contributed by atoms with Crippen LogP contribution < -0.4 is 71.2 Å². The summed E-state index contributed by atoms with van der Waals surface area (Å²) in [7, 11) is 0. The zero-order valence-corrected chi connectivity index (χ0v) is 43.2. The largest absolute Gasteiger partial charge is 0.481 e. The first-order chi connectivity index (χ1) is 37.1. The summed E-state index contributed by atoms with van der Waals surface area (Å²) in [6, 6.07) is 5.29. The predicted molar refractivity (Wildman–Crippen MR) is 284 cm³/mol. The zero-order valence-electron chi connectivity index (χ0n) is 43.2. The second-order valence-corrected chi connectivity index (χ2v) is 18.6. The van der Waals surface area contributed by atoms with Gasteiger partial charge in [-0.05, 0) is 87.1 Å². The van der Waals surface area contributed by atoms with Crippen molar-refractivity contribution in [2.24, 2.45) is 38.7 Å². The van der Waals surface area contributed by atoms with Crippen molar-refractivity contribution in [3.8, 4) is 6.07 Å². The molecule has 2 heterocycles. The SMILES string of the molecule is CC(=O)NC(CCCN=C(N)N)C(=O)NC1CCC(=O)NCCCC(C(N)=O)NC(=O)C(Cc2c[nH]c3ccccc23)NC(O)C(CCCN=C(N)N)NC(=O)C(Cc2ccc(C#N)cc2)NC(=O)C(CCC(=O)O)NC1=O. The zero-order chi connectivity index (χ0) is 57.3. The van der Waals surface area contributed by atoms with Crippen molar-refractivity contribution in [3.05, 3.63) is 71.4 Å². The fourth-order valence-corrected chi connectivity index (χ4v) is 8.44. The first kappa shape index (κ1) is 61.7. The van der Waals surface area contributed by atoms with E-state index in [0.717, 1.165) is 17.8 Å². The highest BCUT2D eigenvalue weighted by Gasteiger charge is 2.35. The van der Waals surface area contributed by atoms with Crippen molar-refractivity contribution in [3.63, 3.8) is 0 Å². The average Bonchev–Trinajstić information content (AvgIpc) is 3.81. The molecule has 1 saturated heterocycles. The number of nitrogens with zero attached hydrogens (tertiary/aromatic N) is 3. The maximum atomic E-state index is 14.7. The first-order valence-electron chi connectivity index (χ1n) is 25.3. The van der Waals surface area contributed by atoms with Gasteiger partial charge in [0, 0.05) is 62.9 Å². The molecule has 0 radical (unpaired) electrons. The van der Waals surface area contributed by atoms with Gasteiger partial charge in [-0.15, -0.1) is 0 Å². The summed E-state index contributed by atoms with van der Waals surface area (Å²) in [6.07, 6.45) is -2.13. The number of carboxylic acids is 1. The number of nitrogens with two attached hydrogens (primary N) is 5. The van der Waals surface area contributed by atoms with Crippen LogP contribution >= 0.6 is 0 Å². The lowest BCUT2D eigenvalue weighted by atomic mass is 10.0. The van der Waals surface area contributed by atoms with Crippen LogP contribution in [0.4, 0.5) is 0 Å². The number of carbonyl (C=O) groups is 9. The number of hydrogen-bond donors (Lipinski definition) is 16. The number of aliphatic carboxylic acids is 1. The lowest BCUT2D eigenvalue weighted by Crippen LogP contribution is -2.61. The van der Waals surface area contributed by atoms with Gasteiger partial charge < -0.3 is 81.1 Å². The molecule has 0 spiro atoms. The van der Waals surface area contributed by atoms with Crippen molar-refractivity contribution in [2.45, 2.75) is 132 Å². The summed E-state index contributed by atoms with van der Waals surface area (Å²) in [5.74, 6) is -8.59. The van der Waals surface area contributed by atoms with Gasteiger partial charge in [0.25, 0.3) is 0 Å². The molecule has 1 fully saturated rings. The summed E-state index contributed by atoms with van der Waals surface area (Å²) < 4.78 is 0. The van der Waals surface area contributed by atoms with Gasteiger partial charge in [-0.1, -0.05) is 30.3 Å². The van der Waals surface area contributed by atoms with E-state index >= 15 is 0 Å². The van der Waals surface area contributed by atoms with E-state index in [1.807, 2.05) is 24.3 Å². The van der Waals surface area contributed by atoms with Gasteiger partial charge >= 0.3 is 5.97 Å². The monoisotopic (exact) mass is 1090 g/mol. The van der Waals surface area contributed by atoms with Gasteiger partial charge in [-0.2, -0.15) is 5.26 Å². The Bertz CT molecular complexity index is 2680. The number of primary amides is 1. The summed E-state index contributed by atoms with van der Waals surface area (Å²) >= 11 is 0. The van der Waals surface area contributed by atoms with Gasteiger partial charge in [0.1, 0.15) is 36.4 Å². The van der Waals surface area contributed by atoms with Crippen molar-refractivity contribution >= 4 is 76.0 Å². The number of guanidine groups is 2. The van der Waals surface area contributed by atoms with Crippen LogP contribution in [0.15, 0.2) is 64.7 Å². The number of rotatable bonds is 19. The Hall–Kier alpha value is -8.84. The van der Waals surface area contributed by atoms with E-state index in [2.05, 4.69) is 57.5 Å². The molecule has 8 atom stereocenters. The van der Waals surface area contributed by atoms with Gasteiger partial charge in [0.2, 0.25) is 47.3 Å². The second-order valence-electron chi connectivity index (χ2n) is 18.6. The number of aliphatic hydroxyl groups is 1. The third-order valence-electron chi connectivity index (χ3n) is 12.5. The smallest absolute Gasteiger partial charge is 0.303 e. The van der Waals surface area contributed by atoms with Crippen LogP contribution in [0.25, 0.3) is 10.9 Å². The highest BCUT2D eigenvalue weighted by molar-refractivity contribution is 5.96. The number of aromatic nitrogens is 1. The van der Waals surface area contributed by atoms with Gasteiger partial charge in [0.05, 0.1) is 23.7 Å². The third kappa shape index (κ3) is 21.1. The standard InChI is InChI=1S/C50H71N17O11/c1-27(68)61-34(10-5-21-58-49(53)54)43(73)64-36-16-18-40(69)57-20-4-9-33(42(52)72)62-48(78)39(24-30-26-60-32-8-3-2-7-31(30)32)67-44(74)35(11-6-22-59-50(55)56)63-47(77)38(23-28-12-14-29(25-51)15-13-28)66-46(76)37(65-45(36)75)17-19-41(70)71/h2-3,7-8,12-15,26,33-39,44,60,67,74H,4-6,9-11,16-24H2,1H3,(H2,52,72)(H,57,69)(H,61,68)(H,62,78)(H,63,77)(H,64,73)(H,65,75)(H,66,76)(H,70,71)(H4,53,54,58)(H4,55,56,59).